The van der Waals surface area contributed by atoms with Crippen LogP contribution in [0.4, 0.5) is 0 Å². The van der Waals surface area contributed by atoms with E-state index in [-0.39, 0.29) is 10.5 Å². The number of benzene rings is 1. The normalized spacial score (nSPS) is 11.9. The average molecular weight is 420 g/mol. The Hall–Kier alpha value is -2.38. The number of halogens is 1. The van der Waals surface area contributed by atoms with E-state index in [1.807, 2.05) is 6.92 Å². The fourth-order valence-electron chi connectivity index (χ4n) is 2.85. The maximum absolute atomic E-state index is 12.3. The van der Waals surface area contributed by atoms with Gasteiger partial charge in [-0.05, 0) is 38.5 Å². The molecule has 0 amide bonds. The summed E-state index contributed by atoms with van der Waals surface area (Å²) in [7, 11) is -3.39. The number of nitrogens with zero attached hydrogens (tertiary/aromatic N) is 3. The van der Waals surface area contributed by atoms with Gasteiger partial charge in [0.15, 0.2) is 9.84 Å². The van der Waals surface area contributed by atoms with E-state index in [9.17, 15) is 13.2 Å². The van der Waals surface area contributed by atoms with Crippen molar-refractivity contribution in [3.05, 3.63) is 64.3 Å². The summed E-state index contributed by atoms with van der Waals surface area (Å²) in [5.41, 5.74) is 2.15. The predicted molar refractivity (Wildman–Crippen MR) is 111 cm³/mol. The zero-order valence-electron chi connectivity index (χ0n) is 16.0. The van der Waals surface area contributed by atoms with E-state index in [1.54, 1.807) is 59.9 Å². The van der Waals surface area contributed by atoms with Crippen molar-refractivity contribution in [3.8, 4) is 16.8 Å². The maximum atomic E-state index is 12.3. The van der Waals surface area contributed by atoms with Crippen LogP contribution in [0.25, 0.3) is 16.8 Å². The van der Waals surface area contributed by atoms with Crippen LogP contribution in [0.3, 0.4) is 0 Å². The highest BCUT2D eigenvalue weighted by atomic mass is 35.5. The molecule has 2 aromatic heterocycles. The summed E-state index contributed by atoms with van der Waals surface area (Å²) in [6.07, 6.45) is 6.08. The molecule has 0 saturated carbocycles. The van der Waals surface area contributed by atoms with Gasteiger partial charge in [0.25, 0.3) is 5.56 Å². The summed E-state index contributed by atoms with van der Waals surface area (Å²) in [5.74, 6) is 0. The Bertz CT molecular complexity index is 1160. The van der Waals surface area contributed by atoms with E-state index in [0.29, 0.717) is 17.1 Å². The Morgan fingerprint density at radius 3 is 2.54 bits per heavy atom. The predicted octanol–water partition coefficient (Wildman–Crippen LogP) is 3.95. The number of sulfone groups is 1. The molecule has 0 aliphatic heterocycles. The van der Waals surface area contributed by atoms with Gasteiger partial charge in [-0.2, -0.15) is 5.10 Å². The van der Waals surface area contributed by atoms with Crippen molar-refractivity contribution >= 4 is 21.4 Å². The molecule has 0 aliphatic rings. The lowest BCUT2D eigenvalue weighted by atomic mass is 10.1. The molecule has 6 nitrogen and oxygen atoms in total. The molecule has 0 saturated heterocycles. The summed E-state index contributed by atoms with van der Waals surface area (Å²) in [4.78, 5) is 12.1. The second-order valence-corrected chi connectivity index (χ2v) is 9.74. The van der Waals surface area contributed by atoms with Crippen molar-refractivity contribution in [1.29, 1.82) is 0 Å². The first-order chi connectivity index (χ1) is 13.2. The van der Waals surface area contributed by atoms with Crippen LogP contribution < -0.4 is 5.56 Å². The molecule has 1 aromatic carbocycles. The molecule has 0 fully saturated rings. The highest BCUT2D eigenvalue weighted by Crippen LogP contribution is 2.31. The van der Waals surface area contributed by atoms with Crippen LogP contribution in [0.1, 0.15) is 27.2 Å². The summed E-state index contributed by atoms with van der Waals surface area (Å²) in [6.45, 7) is 5.92. The molecule has 148 valence electrons. The first-order valence-electron chi connectivity index (χ1n) is 9.03. The first-order valence-corrected chi connectivity index (χ1v) is 11.0. The minimum absolute atomic E-state index is 0.0528. The lowest BCUT2D eigenvalue weighted by Gasteiger charge is -2.10. The lowest BCUT2D eigenvalue weighted by molar-refractivity contribution is 0.587. The fourth-order valence-corrected chi connectivity index (χ4v) is 4.29. The summed E-state index contributed by atoms with van der Waals surface area (Å²) in [6, 6.07) is 7.97. The minimum Gasteiger partial charge on any atom is -0.313 e. The molecule has 0 N–H and O–H groups in total. The maximum Gasteiger partial charge on any atom is 0.250 e. The van der Waals surface area contributed by atoms with E-state index in [2.05, 4.69) is 5.10 Å². The molecule has 3 rings (SSSR count). The summed E-state index contributed by atoms with van der Waals surface area (Å²) < 4.78 is 28.0. The molecule has 0 bridgehead atoms. The van der Waals surface area contributed by atoms with Crippen molar-refractivity contribution in [2.24, 2.45) is 0 Å². The minimum atomic E-state index is -3.39. The van der Waals surface area contributed by atoms with Crippen LogP contribution in [0.5, 0.6) is 0 Å². The van der Waals surface area contributed by atoms with Gasteiger partial charge in [0, 0.05) is 41.2 Å². The van der Waals surface area contributed by atoms with E-state index >= 15 is 0 Å². The number of hydrogen-bond acceptors (Lipinski definition) is 4. The van der Waals surface area contributed by atoms with E-state index in [4.69, 9.17) is 11.6 Å². The quantitative estimate of drug-likeness (QED) is 0.606. The third kappa shape index (κ3) is 3.91. The number of hydrogen-bond donors (Lipinski definition) is 0. The first kappa shape index (κ1) is 20.4. The Kier molecular flexibility index (Phi) is 5.76. The van der Waals surface area contributed by atoms with Crippen LogP contribution in [-0.4, -0.2) is 28.0 Å². The van der Waals surface area contributed by atoms with Crippen LogP contribution in [0.2, 0.25) is 5.02 Å². The molecule has 28 heavy (non-hydrogen) atoms. The molecule has 0 atom stereocenters. The molecule has 0 unspecified atom stereocenters. The molecule has 0 aliphatic carbocycles. The van der Waals surface area contributed by atoms with E-state index < -0.39 is 15.1 Å². The average Bonchev–Trinajstić information content (AvgIpc) is 3.13. The molecular formula is C20H22ClN3O3S. The molecular weight excluding hydrogens is 398 g/mol. The van der Waals surface area contributed by atoms with Crippen molar-refractivity contribution in [3.63, 3.8) is 0 Å². The Balaban J connectivity index is 1.97. The van der Waals surface area contributed by atoms with Gasteiger partial charge in [0.2, 0.25) is 0 Å². The van der Waals surface area contributed by atoms with Crippen LogP contribution in [0.15, 0.2) is 58.6 Å². The van der Waals surface area contributed by atoms with Gasteiger partial charge in [-0.3, -0.25) is 4.79 Å². The highest BCUT2D eigenvalue weighted by molar-refractivity contribution is 7.92. The summed E-state index contributed by atoms with van der Waals surface area (Å²) in [5, 5.41) is 4.19. The van der Waals surface area contributed by atoms with Crippen LogP contribution in [0, 0.1) is 0 Å². The van der Waals surface area contributed by atoms with Crippen molar-refractivity contribution in [1.82, 2.24) is 14.3 Å². The van der Waals surface area contributed by atoms with Gasteiger partial charge in [-0.25, -0.2) is 13.1 Å². The van der Waals surface area contributed by atoms with Crippen LogP contribution >= 0.6 is 11.6 Å². The Morgan fingerprint density at radius 1 is 1.14 bits per heavy atom. The molecule has 8 heteroatoms. The highest BCUT2D eigenvalue weighted by Gasteiger charge is 2.20. The largest absolute Gasteiger partial charge is 0.313 e. The topological polar surface area (TPSA) is 74.0 Å². The van der Waals surface area contributed by atoms with Gasteiger partial charge >= 0.3 is 0 Å². The number of pyridine rings is 1. The second-order valence-electron chi connectivity index (χ2n) is 6.83. The second kappa shape index (κ2) is 7.93. The zero-order chi connectivity index (χ0) is 20.5. The van der Waals surface area contributed by atoms with Gasteiger partial charge in [0.05, 0.1) is 22.0 Å². The van der Waals surface area contributed by atoms with Gasteiger partial charge in [-0.15, -0.1) is 0 Å². The van der Waals surface area contributed by atoms with E-state index in [1.165, 1.54) is 12.1 Å². The Morgan fingerprint density at radius 2 is 1.89 bits per heavy atom. The lowest BCUT2D eigenvalue weighted by Crippen LogP contribution is -2.19. The standard InChI is InChI=1S/C20H22ClN3O3S/c1-4-9-23-13-16(5-8-20(23)25)24-12-15(11-22-24)18-7-6-17(10-19(18)21)28(26,27)14(2)3/h5-8,10-14H,4,9H2,1-3H3. The Labute approximate surface area is 169 Å². The van der Waals surface area contributed by atoms with Crippen molar-refractivity contribution in [2.75, 3.05) is 0 Å². The van der Waals surface area contributed by atoms with Gasteiger partial charge in [-0.1, -0.05) is 24.6 Å². The monoisotopic (exact) mass is 419 g/mol. The smallest absolute Gasteiger partial charge is 0.250 e. The fraction of sp³-hybridized carbons (Fsp3) is 0.300. The number of rotatable bonds is 6. The third-order valence-corrected chi connectivity index (χ3v) is 6.95. The molecule has 0 spiro atoms. The van der Waals surface area contributed by atoms with Gasteiger partial charge in [0.1, 0.15) is 0 Å². The van der Waals surface area contributed by atoms with E-state index in [0.717, 1.165) is 17.7 Å². The molecule has 0 radical (unpaired) electrons. The van der Waals surface area contributed by atoms with Crippen LogP contribution in [-0.2, 0) is 16.4 Å². The third-order valence-electron chi connectivity index (χ3n) is 4.48. The molecule has 3 aromatic rings. The molecule has 2 heterocycles. The zero-order valence-corrected chi connectivity index (χ0v) is 17.5. The number of aryl methyl sites for hydroxylation is 1. The van der Waals surface area contributed by atoms with Crippen molar-refractivity contribution < 1.29 is 8.42 Å². The van der Waals surface area contributed by atoms with Gasteiger partial charge < -0.3 is 4.57 Å². The number of aromatic nitrogens is 3. The van der Waals surface area contributed by atoms with Crippen molar-refractivity contribution in [2.45, 2.75) is 43.9 Å². The summed E-state index contributed by atoms with van der Waals surface area (Å²) >= 11 is 6.37. The SMILES string of the molecule is CCCn1cc(-n2cc(-c3ccc(S(=O)(=O)C(C)C)cc3Cl)cn2)ccc1=O.